The predicted molar refractivity (Wildman–Crippen MR) is 59.3 cm³/mol. The van der Waals surface area contributed by atoms with E-state index in [4.69, 9.17) is 10.5 Å². The Morgan fingerprint density at radius 1 is 1.60 bits per heavy atom. The van der Waals surface area contributed by atoms with Gasteiger partial charge in [0.15, 0.2) is 0 Å². The first kappa shape index (κ1) is 11.7. The van der Waals surface area contributed by atoms with Crippen molar-refractivity contribution < 1.29 is 9.13 Å². The van der Waals surface area contributed by atoms with Gasteiger partial charge >= 0.3 is 0 Å². The van der Waals surface area contributed by atoms with E-state index in [1.807, 2.05) is 13.8 Å². The van der Waals surface area contributed by atoms with Crippen molar-refractivity contribution in [3.8, 4) is 5.75 Å². The van der Waals surface area contributed by atoms with Crippen LogP contribution >= 0.6 is 0 Å². The molecule has 0 saturated carbocycles. The minimum Gasteiger partial charge on any atom is -0.489 e. The van der Waals surface area contributed by atoms with Gasteiger partial charge in [-0.2, -0.15) is 0 Å². The molecule has 0 aliphatic heterocycles. The van der Waals surface area contributed by atoms with Gasteiger partial charge in [-0.25, -0.2) is 4.39 Å². The summed E-state index contributed by atoms with van der Waals surface area (Å²) < 4.78 is 18.4. The topological polar surface area (TPSA) is 35.2 Å². The molecule has 0 heterocycles. The Balaban J connectivity index is 2.91. The zero-order valence-corrected chi connectivity index (χ0v) is 9.09. The van der Waals surface area contributed by atoms with Crippen LogP contribution in [0.4, 0.5) is 4.39 Å². The predicted octanol–water partition coefficient (Wildman–Crippen LogP) is 2.80. The number of nitrogens with two attached hydrogens (primary N) is 1. The minimum atomic E-state index is -0.323. The van der Waals surface area contributed by atoms with Crippen LogP contribution in [0.5, 0.6) is 5.75 Å². The monoisotopic (exact) mass is 209 g/mol. The van der Waals surface area contributed by atoms with Crippen molar-refractivity contribution in [3.05, 3.63) is 41.7 Å². The van der Waals surface area contributed by atoms with Crippen molar-refractivity contribution in [3.63, 3.8) is 0 Å². The van der Waals surface area contributed by atoms with Crippen molar-refractivity contribution in [1.82, 2.24) is 0 Å². The molecule has 1 rings (SSSR count). The molecule has 15 heavy (non-hydrogen) atoms. The summed E-state index contributed by atoms with van der Waals surface area (Å²) >= 11 is 0. The molecular formula is C12H16FNO. The zero-order chi connectivity index (χ0) is 11.4. The van der Waals surface area contributed by atoms with Crippen LogP contribution in [-0.4, -0.2) is 6.61 Å². The first-order valence-corrected chi connectivity index (χ1v) is 4.83. The van der Waals surface area contributed by atoms with Gasteiger partial charge in [0.25, 0.3) is 0 Å². The van der Waals surface area contributed by atoms with E-state index in [0.29, 0.717) is 12.4 Å². The van der Waals surface area contributed by atoms with Gasteiger partial charge in [0, 0.05) is 17.7 Å². The summed E-state index contributed by atoms with van der Waals surface area (Å²) in [6.07, 6.45) is 0. The second-order valence-electron chi connectivity index (χ2n) is 3.72. The highest BCUT2D eigenvalue weighted by atomic mass is 19.1. The van der Waals surface area contributed by atoms with Crippen LogP contribution < -0.4 is 10.5 Å². The van der Waals surface area contributed by atoms with Gasteiger partial charge in [-0.3, -0.25) is 0 Å². The van der Waals surface area contributed by atoms with Gasteiger partial charge in [-0.1, -0.05) is 12.6 Å². The second kappa shape index (κ2) is 4.94. The third-order valence-corrected chi connectivity index (χ3v) is 1.94. The summed E-state index contributed by atoms with van der Waals surface area (Å²) in [6, 6.07) is 4.20. The van der Waals surface area contributed by atoms with Gasteiger partial charge < -0.3 is 10.5 Å². The lowest BCUT2D eigenvalue weighted by Crippen LogP contribution is -2.09. The molecule has 0 aromatic heterocycles. The number of ether oxygens (including phenoxy) is 1. The van der Waals surface area contributed by atoms with E-state index in [2.05, 4.69) is 6.58 Å². The van der Waals surface area contributed by atoms with Crippen LogP contribution in [0.3, 0.4) is 0 Å². The van der Waals surface area contributed by atoms with E-state index in [0.717, 1.165) is 11.1 Å². The smallest absolute Gasteiger partial charge is 0.127 e. The molecule has 0 saturated heterocycles. The van der Waals surface area contributed by atoms with Crippen molar-refractivity contribution in [2.24, 2.45) is 5.73 Å². The maximum absolute atomic E-state index is 13.0. The van der Waals surface area contributed by atoms with Crippen molar-refractivity contribution in [2.45, 2.75) is 19.9 Å². The molecule has 0 aliphatic rings. The van der Waals surface area contributed by atoms with Crippen LogP contribution in [0.15, 0.2) is 30.4 Å². The Hall–Kier alpha value is -1.35. The lowest BCUT2D eigenvalue weighted by Gasteiger charge is -2.13. The van der Waals surface area contributed by atoms with Crippen molar-refractivity contribution in [1.29, 1.82) is 0 Å². The molecule has 0 bridgehead atoms. The normalized spacial score (nSPS) is 12.3. The van der Waals surface area contributed by atoms with E-state index >= 15 is 0 Å². The summed E-state index contributed by atoms with van der Waals surface area (Å²) in [6.45, 7) is 7.78. The Labute approximate surface area is 89.6 Å². The average Bonchev–Trinajstić information content (AvgIpc) is 2.14. The molecule has 0 aliphatic carbocycles. The van der Waals surface area contributed by atoms with Gasteiger partial charge in [-0.05, 0) is 25.5 Å². The fourth-order valence-electron chi connectivity index (χ4n) is 1.21. The Morgan fingerprint density at radius 2 is 2.27 bits per heavy atom. The Kier molecular flexibility index (Phi) is 3.86. The molecule has 2 N–H and O–H groups in total. The fourth-order valence-corrected chi connectivity index (χ4v) is 1.21. The van der Waals surface area contributed by atoms with Crippen molar-refractivity contribution in [2.75, 3.05) is 6.61 Å². The lowest BCUT2D eigenvalue weighted by molar-refractivity contribution is 0.344. The van der Waals surface area contributed by atoms with Gasteiger partial charge in [0.2, 0.25) is 0 Å². The molecule has 3 heteroatoms. The molecule has 0 radical (unpaired) electrons. The van der Waals surface area contributed by atoms with Crippen LogP contribution in [0.25, 0.3) is 0 Å². The molecule has 1 aromatic rings. The Bertz CT molecular complexity index is 361. The standard InChI is InChI=1S/C12H16FNO/c1-8(2)7-15-12-6-10(13)4-5-11(12)9(3)14/h4-6,9H,1,7,14H2,2-3H3/t9-/m0/s1. The first-order valence-electron chi connectivity index (χ1n) is 4.83. The number of benzene rings is 1. The molecule has 1 atom stereocenters. The van der Waals surface area contributed by atoms with Crippen LogP contribution in [0.2, 0.25) is 0 Å². The van der Waals surface area contributed by atoms with Crippen LogP contribution in [0.1, 0.15) is 25.5 Å². The maximum atomic E-state index is 13.0. The van der Waals surface area contributed by atoms with Crippen LogP contribution in [0, 0.1) is 5.82 Å². The second-order valence-corrected chi connectivity index (χ2v) is 3.72. The zero-order valence-electron chi connectivity index (χ0n) is 9.09. The molecule has 0 unspecified atom stereocenters. The van der Waals surface area contributed by atoms with E-state index in [1.54, 1.807) is 6.07 Å². The average molecular weight is 209 g/mol. The molecule has 2 nitrogen and oxygen atoms in total. The summed E-state index contributed by atoms with van der Waals surface area (Å²) in [5.41, 5.74) is 7.43. The highest BCUT2D eigenvalue weighted by molar-refractivity contribution is 5.36. The molecular weight excluding hydrogens is 193 g/mol. The van der Waals surface area contributed by atoms with Crippen LogP contribution in [-0.2, 0) is 0 Å². The molecule has 0 fully saturated rings. The van der Waals surface area contributed by atoms with E-state index < -0.39 is 0 Å². The van der Waals surface area contributed by atoms with Crippen molar-refractivity contribution >= 4 is 0 Å². The number of hydrogen-bond acceptors (Lipinski definition) is 2. The van der Waals surface area contributed by atoms with E-state index in [9.17, 15) is 4.39 Å². The summed E-state index contributed by atoms with van der Waals surface area (Å²) in [4.78, 5) is 0. The number of rotatable bonds is 4. The molecule has 0 spiro atoms. The fraction of sp³-hybridized carbons (Fsp3) is 0.333. The van der Waals surface area contributed by atoms with E-state index in [-0.39, 0.29) is 11.9 Å². The van der Waals surface area contributed by atoms with Gasteiger partial charge in [0.1, 0.15) is 18.2 Å². The Morgan fingerprint density at radius 3 is 2.80 bits per heavy atom. The molecule has 0 amide bonds. The molecule has 82 valence electrons. The third-order valence-electron chi connectivity index (χ3n) is 1.94. The maximum Gasteiger partial charge on any atom is 0.127 e. The van der Waals surface area contributed by atoms with Gasteiger partial charge in [0.05, 0.1) is 0 Å². The lowest BCUT2D eigenvalue weighted by atomic mass is 10.1. The quantitative estimate of drug-likeness (QED) is 0.774. The van der Waals surface area contributed by atoms with Gasteiger partial charge in [-0.15, -0.1) is 0 Å². The summed E-state index contributed by atoms with van der Waals surface area (Å²) in [5, 5.41) is 0. The summed E-state index contributed by atoms with van der Waals surface area (Å²) in [5.74, 6) is 0.170. The summed E-state index contributed by atoms with van der Waals surface area (Å²) in [7, 11) is 0. The number of hydrogen-bond donors (Lipinski definition) is 1. The highest BCUT2D eigenvalue weighted by Crippen LogP contribution is 2.25. The van der Waals surface area contributed by atoms with E-state index in [1.165, 1.54) is 12.1 Å². The molecule has 1 aromatic carbocycles. The highest BCUT2D eigenvalue weighted by Gasteiger charge is 2.09. The number of halogens is 1. The minimum absolute atomic E-state index is 0.175. The third kappa shape index (κ3) is 3.36. The first-order chi connectivity index (χ1) is 7.00. The SMILES string of the molecule is C=C(C)COc1cc(F)ccc1[C@H](C)N. The largest absolute Gasteiger partial charge is 0.489 e.